The van der Waals surface area contributed by atoms with Gasteiger partial charge in [-0.25, -0.2) is 4.68 Å². The van der Waals surface area contributed by atoms with Crippen molar-refractivity contribution < 1.29 is 9.59 Å². The molecule has 0 spiro atoms. The maximum absolute atomic E-state index is 12.4. The molecule has 1 aromatic heterocycles. The molecule has 1 aromatic carbocycles. The monoisotopic (exact) mass is 330 g/mol. The second-order valence-corrected chi connectivity index (χ2v) is 6.34. The van der Waals surface area contributed by atoms with Crippen LogP contribution in [-0.4, -0.2) is 21.6 Å². The van der Waals surface area contributed by atoms with Gasteiger partial charge < -0.3 is 0 Å². The first-order chi connectivity index (χ1) is 11.3. The highest BCUT2D eigenvalue weighted by Crippen LogP contribution is 2.14. The number of nitrogens with one attached hydrogen (secondary N) is 2. The molecule has 24 heavy (non-hydrogen) atoms. The summed E-state index contributed by atoms with van der Waals surface area (Å²) >= 11 is 0. The van der Waals surface area contributed by atoms with Crippen LogP contribution in [0.4, 0.5) is 0 Å². The Balaban J connectivity index is 2.37. The average molecular weight is 330 g/mol. The highest BCUT2D eigenvalue weighted by atomic mass is 16.2. The molecule has 0 unspecified atom stereocenters. The van der Waals surface area contributed by atoms with Crippen LogP contribution in [0.5, 0.6) is 0 Å². The van der Waals surface area contributed by atoms with Crippen molar-refractivity contribution in [3.05, 3.63) is 40.3 Å². The van der Waals surface area contributed by atoms with Crippen molar-refractivity contribution in [2.24, 2.45) is 5.92 Å². The van der Waals surface area contributed by atoms with Gasteiger partial charge in [-0.3, -0.25) is 25.2 Å². The number of fused-ring (bicyclic) bond motifs is 1. The fraction of sp³-hybridized carbons (Fsp3) is 0.412. The molecule has 0 atom stereocenters. The van der Waals surface area contributed by atoms with Crippen molar-refractivity contribution in [1.82, 2.24) is 20.6 Å². The van der Waals surface area contributed by atoms with E-state index in [2.05, 4.69) is 16.0 Å². The molecular formula is C17H22N4O3. The Hall–Kier alpha value is -2.70. The molecule has 2 rings (SSSR count). The van der Waals surface area contributed by atoms with Crippen LogP contribution in [-0.2, 0) is 4.79 Å². The Bertz CT molecular complexity index is 824. The first-order valence-corrected chi connectivity index (χ1v) is 7.92. The number of benzene rings is 1. The fourth-order valence-corrected chi connectivity index (χ4v) is 2.33. The minimum absolute atomic E-state index is 0.101. The highest BCUT2D eigenvalue weighted by molar-refractivity contribution is 6.05. The summed E-state index contributed by atoms with van der Waals surface area (Å²) in [5.74, 6) is -0.652. The summed E-state index contributed by atoms with van der Waals surface area (Å²) in [4.78, 5) is 36.5. The van der Waals surface area contributed by atoms with E-state index in [1.807, 2.05) is 27.7 Å². The maximum Gasteiger partial charge on any atom is 0.290 e. The average Bonchev–Trinajstić information content (AvgIpc) is 2.52. The molecule has 7 nitrogen and oxygen atoms in total. The lowest BCUT2D eigenvalue weighted by Crippen LogP contribution is -2.43. The first kappa shape index (κ1) is 17.7. The van der Waals surface area contributed by atoms with Gasteiger partial charge in [0.25, 0.3) is 11.5 Å². The lowest BCUT2D eigenvalue weighted by molar-refractivity contribution is -0.122. The third-order valence-electron chi connectivity index (χ3n) is 3.44. The molecular weight excluding hydrogens is 308 g/mol. The lowest BCUT2D eigenvalue weighted by atomic mass is 10.1. The van der Waals surface area contributed by atoms with Crippen molar-refractivity contribution in [2.45, 2.75) is 40.2 Å². The van der Waals surface area contributed by atoms with Gasteiger partial charge in [-0.05, 0) is 25.8 Å². The molecule has 7 heteroatoms. The summed E-state index contributed by atoms with van der Waals surface area (Å²) < 4.78 is 1.27. The SMILES string of the molecule is CC(C)CC(=O)NNC(=O)c1nn(C(C)C)c(=O)c2ccccc12. The molecule has 0 saturated carbocycles. The van der Waals surface area contributed by atoms with Crippen molar-refractivity contribution in [2.75, 3.05) is 0 Å². The zero-order valence-corrected chi connectivity index (χ0v) is 14.3. The van der Waals surface area contributed by atoms with Crippen LogP contribution in [0.2, 0.25) is 0 Å². The second-order valence-electron chi connectivity index (χ2n) is 6.34. The summed E-state index contributed by atoms with van der Waals surface area (Å²) in [5, 5.41) is 5.05. The Labute approximate surface area is 140 Å². The third-order valence-corrected chi connectivity index (χ3v) is 3.44. The van der Waals surface area contributed by atoms with Gasteiger partial charge in [-0.1, -0.05) is 32.0 Å². The Kier molecular flexibility index (Phi) is 5.33. The van der Waals surface area contributed by atoms with Gasteiger partial charge in [0.2, 0.25) is 5.91 Å². The molecule has 0 aliphatic carbocycles. The number of hydrazine groups is 1. The van der Waals surface area contributed by atoms with Crippen LogP contribution in [0.1, 0.15) is 50.6 Å². The van der Waals surface area contributed by atoms with Gasteiger partial charge in [-0.15, -0.1) is 0 Å². The smallest absolute Gasteiger partial charge is 0.273 e. The van der Waals surface area contributed by atoms with Gasteiger partial charge in [0.15, 0.2) is 5.69 Å². The molecule has 2 aromatic rings. The number of amides is 2. The Morgan fingerprint density at radius 2 is 1.71 bits per heavy atom. The minimum atomic E-state index is -0.558. The number of nitrogens with zero attached hydrogens (tertiary/aromatic N) is 2. The first-order valence-electron chi connectivity index (χ1n) is 7.92. The quantitative estimate of drug-likeness (QED) is 0.836. The summed E-state index contributed by atoms with van der Waals surface area (Å²) in [5.41, 5.74) is 4.59. The van der Waals surface area contributed by atoms with Crippen LogP contribution >= 0.6 is 0 Å². The summed E-state index contributed by atoms with van der Waals surface area (Å²) in [7, 11) is 0. The van der Waals surface area contributed by atoms with E-state index in [9.17, 15) is 14.4 Å². The zero-order valence-electron chi connectivity index (χ0n) is 14.3. The van der Waals surface area contributed by atoms with Crippen molar-refractivity contribution in [3.63, 3.8) is 0 Å². The van der Waals surface area contributed by atoms with Gasteiger partial charge in [0.1, 0.15) is 0 Å². The number of hydrogen-bond donors (Lipinski definition) is 2. The molecule has 0 radical (unpaired) electrons. The summed E-state index contributed by atoms with van der Waals surface area (Å²) in [6.07, 6.45) is 0.306. The van der Waals surface area contributed by atoms with E-state index in [1.165, 1.54) is 4.68 Å². The molecule has 1 heterocycles. The van der Waals surface area contributed by atoms with Gasteiger partial charge in [0.05, 0.1) is 11.4 Å². The second kappa shape index (κ2) is 7.25. The van der Waals surface area contributed by atoms with Crippen LogP contribution in [0, 0.1) is 5.92 Å². The van der Waals surface area contributed by atoms with Crippen molar-refractivity contribution >= 4 is 22.6 Å². The van der Waals surface area contributed by atoms with E-state index in [-0.39, 0.29) is 29.1 Å². The Morgan fingerprint density at radius 3 is 2.29 bits per heavy atom. The normalized spacial score (nSPS) is 11.1. The van der Waals surface area contributed by atoms with E-state index >= 15 is 0 Å². The molecule has 0 saturated heterocycles. The van der Waals surface area contributed by atoms with Gasteiger partial charge >= 0.3 is 0 Å². The van der Waals surface area contributed by atoms with E-state index < -0.39 is 5.91 Å². The van der Waals surface area contributed by atoms with Crippen LogP contribution < -0.4 is 16.4 Å². The third kappa shape index (κ3) is 3.79. The molecule has 0 bridgehead atoms. The molecule has 128 valence electrons. The van der Waals surface area contributed by atoms with Gasteiger partial charge in [-0.2, -0.15) is 5.10 Å². The van der Waals surface area contributed by atoms with Crippen LogP contribution in [0.3, 0.4) is 0 Å². The van der Waals surface area contributed by atoms with Crippen molar-refractivity contribution in [1.29, 1.82) is 0 Å². The van der Waals surface area contributed by atoms with E-state index in [0.29, 0.717) is 17.2 Å². The number of carbonyl (C=O) groups excluding carboxylic acids is 2. The zero-order chi connectivity index (χ0) is 17.9. The maximum atomic E-state index is 12.4. The van der Waals surface area contributed by atoms with E-state index in [1.54, 1.807) is 24.3 Å². The predicted octanol–water partition coefficient (Wildman–Crippen LogP) is 1.78. The highest BCUT2D eigenvalue weighted by Gasteiger charge is 2.18. The summed E-state index contributed by atoms with van der Waals surface area (Å²) in [6.45, 7) is 7.45. The van der Waals surface area contributed by atoms with Crippen LogP contribution in [0.25, 0.3) is 10.8 Å². The fourth-order valence-electron chi connectivity index (χ4n) is 2.33. The number of rotatable bonds is 4. The van der Waals surface area contributed by atoms with E-state index in [0.717, 1.165) is 0 Å². The number of carbonyl (C=O) groups is 2. The molecule has 0 aliphatic rings. The predicted molar refractivity (Wildman–Crippen MR) is 91.5 cm³/mol. The van der Waals surface area contributed by atoms with Gasteiger partial charge in [0, 0.05) is 11.8 Å². The lowest BCUT2D eigenvalue weighted by Gasteiger charge is -2.14. The minimum Gasteiger partial charge on any atom is -0.273 e. The molecule has 0 aliphatic heterocycles. The number of hydrogen-bond acceptors (Lipinski definition) is 4. The van der Waals surface area contributed by atoms with Crippen LogP contribution in [0.15, 0.2) is 29.1 Å². The summed E-state index contributed by atoms with van der Waals surface area (Å²) in [6, 6.07) is 6.60. The molecule has 2 amide bonds. The standard InChI is InChI=1S/C17H22N4O3/c1-10(2)9-14(22)18-19-16(23)15-12-7-5-6-8-13(12)17(24)21(20-15)11(3)4/h5-8,10-11H,9H2,1-4H3,(H,18,22)(H,19,23). The topological polar surface area (TPSA) is 93.1 Å². The largest absolute Gasteiger partial charge is 0.290 e. The number of aromatic nitrogens is 2. The molecule has 0 fully saturated rings. The van der Waals surface area contributed by atoms with E-state index in [4.69, 9.17) is 0 Å². The van der Waals surface area contributed by atoms with Crippen molar-refractivity contribution in [3.8, 4) is 0 Å². The Morgan fingerprint density at radius 1 is 1.08 bits per heavy atom. The molecule has 2 N–H and O–H groups in total.